The summed E-state index contributed by atoms with van der Waals surface area (Å²) in [5.74, 6) is -0.296. The Bertz CT molecular complexity index is 153. The molecule has 0 spiro atoms. The molecule has 1 atom stereocenters. The van der Waals surface area contributed by atoms with Crippen LogP contribution >= 0.6 is 0 Å². The van der Waals surface area contributed by atoms with Crippen LogP contribution in [0.25, 0.3) is 0 Å². The Labute approximate surface area is 70.4 Å². The molecule has 0 aromatic heterocycles. The Morgan fingerprint density at radius 2 is 1.75 bits per heavy atom. The highest BCUT2D eigenvalue weighted by Crippen LogP contribution is 1.95. The second-order valence-corrected chi connectivity index (χ2v) is 2.50. The van der Waals surface area contributed by atoms with E-state index in [2.05, 4.69) is 5.32 Å². The lowest BCUT2D eigenvalue weighted by molar-refractivity contribution is -0.124. The van der Waals surface area contributed by atoms with Crippen LogP contribution in [0.3, 0.4) is 0 Å². The van der Waals surface area contributed by atoms with Crippen molar-refractivity contribution in [3.05, 3.63) is 0 Å². The standard InChI is InChI=1S/C4H5NO2.C3H8O2/c6-3-1-2-4(7)5-3;1-3(5)2-4/h1-2H2,(H,5,6,7);3-5H,2H2,1H3. The van der Waals surface area contributed by atoms with Crippen molar-refractivity contribution in [3.63, 3.8) is 0 Å². The van der Waals surface area contributed by atoms with Crippen LogP contribution in [0.5, 0.6) is 0 Å². The zero-order valence-electron chi connectivity index (χ0n) is 6.91. The average molecular weight is 175 g/mol. The third-order valence-electron chi connectivity index (χ3n) is 1.12. The zero-order chi connectivity index (χ0) is 9.56. The van der Waals surface area contributed by atoms with Crippen molar-refractivity contribution in [2.45, 2.75) is 25.9 Å². The maximum atomic E-state index is 10.1. The van der Waals surface area contributed by atoms with Crippen LogP contribution in [0, 0.1) is 0 Å². The fraction of sp³-hybridized carbons (Fsp3) is 0.714. The minimum atomic E-state index is -0.560. The van der Waals surface area contributed by atoms with E-state index in [9.17, 15) is 9.59 Å². The molecule has 5 heteroatoms. The van der Waals surface area contributed by atoms with E-state index in [1.807, 2.05) is 0 Å². The fourth-order valence-electron chi connectivity index (χ4n) is 0.508. The average Bonchev–Trinajstić information content (AvgIpc) is 2.36. The topological polar surface area (TPSA) is 86.6 Å². The van der Waals surface area contributed by atoms with Gasteiger partial charge in [-0.05, 0) is 6.92 Å². The summed E-state index contributed by atoms with van der Waals surface area (Å²) < 4.78 is 0. The van der Waals surface area contributed by atoms with E-state index in [4.69, 9.17) is 10.2 Å². The van der Waals surface area contributed by atoms with Gasteiger partial charge >= 0.3 is 0 Å². The van der Waals surface area contributed by atoms with Gasteiger partial charge in [0.25, 0.3) is 0 Å². The monoisotopic (exact) mass is 175 g/mol. The summed E-state index contributed by atoms with van der Waals surface area (Å²) >= 11 is 0. The Kier molecular flexibility index (Phi) is 5.23. The molecule has 2 amide bonds. The van der Waals surface area contributed by atoms with E-state index in [-0.39, 0.29) is 18.4 Å². The van der Waals surface area contributed by atoms with Crippen LogP contribution in [0.4, 0.5) is 0 Å². The molecule has 0 radical (unpaired) electrons. The molecule has 1 heterocycles. The summed E-state index contributed by atoms with van der Waals surface area (Å²) in [6.07, 6.45) is 0.187. The molecule has 1 aliphatic heterocycles. The van der Waals surface area contributed by atoms with Crippen molar-refractivity contribution in [3.8, 4) is 0 Å². The van der Waals surface area contributed by atoms with Crippen molar-refractivity contribution < 1.29 is 19.8 Å². The largest absolute Gasteiger partial charge is 0.394 e. The van der Waals surface area contributed by atoms with Gasteiger partial charge < -0.3 is 10.2 Å². The Morgan fingerprint density at radius 1 is 1.42 bits per heavy atom. The second kappa shape index (κ2) is 5.68. The summed E-state index contributed by atoms with van der Waals surface area (Å²) in [6.45, 7) is 1.39. The highest BCUT2D eigenvalue weighted by molar-refractivity contribution is 6.01. The third kappa shape index (κ3) is 5.82. The van der Waals surface area contributed by atoms with Gasteiger partial charge in [0.15, 0.2) is 0 Å². The van der Waals surface area contributed by atoms with Crippen LogP contribution in [-0.2, 0) is 9.59 Å². The van der Waals surface area contributed by atoms with E-state index in [0.29, 0.717) is 12.8 Å². The third-order valence-corrected chi connectivity index (χ3v) is 1.12. The molecule has 1 aliphatic rings. The summed E-state index contributed by atoms with van der Waals surface area (Å²) in [5, 5.41) is 18.1. The van der Waals surface area contributed by atoms with Crippen molar-refractivity contribution >= 4 is 11.8 Å². The van der Waals surface area contributed by atoms with Crippen molar-refractivity contribution in [2.24, 2.45) is 0 Å². The predicted octanol–water partition coefficient (Wildman–Crippen LogP) is -1.22. The molecular formula is C7H13NO4. The summed E-state index contributed by atoms with van der Waals surface area (Å²) in [6, 6.07) is 0. The fourth-order valence-corrected chi connectivity index (χ4v) is 0.508. The number of imide groups is 1. The first-order chi connectivity index (χ1) is 5.56. The summed E-state index contributed by atoms with van der Waals surface area (Å²) in [7, 11) is 0. The Morgan fingerprint density at radius 3 is 1.83 bits per heavy atom. The minimum absolute atomic E-state index is 0.139. The normalized spacial score (nSPS) is 17.9. The van der Waals surface area contributed by atoms with Gasteiger partial charge in [0.05, 0.1) is 12.7 Å². The molecule has 1 saturated heterocycles. The number of hydrogen-bond donors (Lipinski definition) is 3. The van der Waals surface area contributed by atoms with Gasteiger partial charge in [0, 0.05) is 12.8 Å². The second-order valence-electron chi connectivity index (χ2n) is 2.50. The van der Waals surface area contributed by atoms with Crippen LogP contribution in [0.15, 0.2) is 0 Å². The lowest BCUT2D eigenvalue weighted by atomic mass is 10.4. The van der Waals surface area contributed by atoms with E-state index in [1.165, 1.54) is 6.92 Å². The molecule has 1 unspecified atom stereocenters. The number of carbonyl (C=O) groups is 2. The van der Waals surface area contributed by atoms with Crippen molar-refractivity contribution in [1.29, 1.82) is 0 Å². The highest BCUT2D eigenvalue weighted by Gasteiger charge is 2.15. The molecule has 70 valence electrons. The maximum Gasteiger partial charge on any atom is 0.227 e. The number of aliphatic hydroxyl groups is 2. The number of hydrogen-bond acceptors (Lipinski definition) is 4. The molecule has 1 fully saturated rings. The van der Waals surface area contributed by atoms with Crippen LogP contribution in [-0.4, -0.2) is 34.7 Å². The van der Waals surface area contributed by atoms with Gasteiger partial charge in [-0.15, -0.1) is 0 Å². The zero-order valence-corrected chi connectivity index (χ0v) is 6.91. The molecule has 0 aliphatic carbocycles. The van der Waals surface area contributed by atoms with E-state index < -0.39 is 6.10 Å². The van der Waals surface area contributed by atoms with E-state index in [1.54, 1.807) is 0 Å². The molecule has 5 nitrogen and oxygen atoms in total. The predicted molar refractivity (Wildman–Crippen MR) is 41.2 cm³/mol. The maximum absolute atomic E-state index is 10.1. The quantitative estimate of drug-likeness (QED) is 0.436. The Balaban J connectivity index is 0.000000217. The van der Waals surface area contributed by atoms with Crippen molar-refractivity contribution in [2.75, 3.05) is 6.61 Å². The SMILES string of the molecule is CC(O)CO.O=C1CCC(=O)N1. The molecule has 0 bridgehead atoms. The number of carbonyl (C=O) groups excluding carboxylic acids is 2. The molecule has 1 rings (SSSR count). The lowest BCUT2D eigenvalue weighted by Gasteiger charge is -1.90. The number of nitrogens with one attached hydrogen (secondary N) is 1. The number of amides is 2. The number of aliphatic hydroxyl groups excluding tert-OH is 2. The first-order valence-corrected chi connectivity index (χ1v) is 3.68. The van der Waals surface area contributed by atoms with Gasteiger partial charge in [-0.1, -0.05) is 0 Å². The highest BCUT2D eigenvalue weighted by atomic mass is 16.3. The van der Waals surface area contributed by atoms with Gasteiger partial charge in [-0.3, -0.25) is 14.9 Å². The van der Waals surface area contributed by atoms with Gasteiger partial charge in [0.2, 0.25) is 11.8 Å². The molecule has 0 saturated carbocycles. The van der Waals surface area contributed by atoms with E-state index in [0.717, 1.165) is 0 Å². The molecule has 3 N–H and O–H groups in total. The minimum Gasteiger partial charge on any atom is -0.394 e. The molecule has 0 aromatic carbocycles. The van der Waals surface area contributed by atoms with Gasteiger partial charge in [-0.2, -0.15) is 0 Å². The van der Waals surface area contributed by atoms with Crippen LogP contribution in [0.1, 0.15) is 19.8 Å². The van der Waals surface area contributed by atoms with E-state index >= 15 is 0 Å². The lowest BCUT2D eigenvalue weighted by Crippen LogP contribution is -2.18. The first kappa shape index (κ1) is 11.1. The molecular weight excluding hydrogens is 162 g/mol. The number of rotatable bonds is 1. The van der Waals surface area contributed by atoms with Crippen molar-refractivity contribution in [1.82, 2.24) is 5.32 Å². The summed E-state index contributed by atoms with van der Waals surface area (Å²) in [5.41, 5.74) is 0. The van der Waals surface area contributed by atoms with Gasteiger partial charge in [-0.25, -0.2) is 0 Å². The van der Waals surface area contributed by atoms with Crippen LogP contribution in [0.2, 0.25) is 0 Å². The first-order valence-electron chi connectivity index (χ1n) is 3.68. The van der Waals surface area contributed by atoms with Crippen LogP contribution < -0.4 is 5.32 Å². The summed E-state index contributed by atoms with van der Waals surface area (Å²) in [4.78, 5) is 20.2. The molecule has 0 aromatic rings. The Hall–Kier alpha value is -0.940. The smallest absolute Gasteiger partial charge is 0.227 e. The molecule has 12 heavy (non-hydrogen) atoms. The van der Waals surface area contributed by atoms with Gasteiger partial charge in [0.1, 0.15) is 0 Å².